The van der Waals surface area contributed by atoms with E-state index in [4.69, 9.17) is 4.99 Å². The summed E-state index contributed by atoms with van der Waals surface area (Å²) in [4.78, 5) is 6.83. The summed E-state index contributed by atoms with van der Waals surface area (Å²) in [6.07, 6.45) is 3.02. The van der Waals surface area contributed by atoms with E-state index in [0.717, 1.165) is 54.9 Å². The number of rotatable bonds is 3. The molecule has 126 valence electrons. The highest BCUT2D eigenvalue weighted by molar-refractivity contribution is 6.05. The second kappa shape index (κ2) is 6.58. The third-order valence-corrected chi connectivity index (χ3v) is 4.88. The number of benzene rings is 2. The molecule has 0 saturated carbocycles. The van der Waals surface area contributed by atoms with Crippen molar-refractivity contribution in [1.29, 1.82) is 0 Å². The number of aliphatic imine (C=N–C) groups is 1. The van der Waals surface area contributed by atoms with Crippen LogP contribution in [-0.4, -0.2) is 28.9 Å². The smallest absolute Gasteiger partial charge is 0.193 e. The molecule has 4 heteroatoms. The molecule has 2 aliphatic rings. The average Bonchev–Trinajstić information content (AvgIpc) is 2.88. The van der Waals surface area contributed by atoms with E-state index in [1.54, 1.807) is 0 Å². The summed E-state index contributed by atoms with van der Waals surface area (Å²) in [5.41, 5.74) is 3.20. The Labute approximate surface area is 149 Å². The Bertz CT molecular complexity index is 759. The maximum Gasteiger partial charge on any atom is 0.193 e. The van der Waals surface area contributed by atoms with Crippen LogP contribution in [-0.2, 0) is 12.1 Å². The average molecular weight is 343 g/mol. The summed E-state index contributed by atoms with van der Waals surface area (Å²) in [6.45, 7) is 3.86. The van der Waals surface area contributed by atoms with Crippen LogP contribution in [0.4, 0.5) is 0 Å². The number of nitrogens with zero attached hydrogens (tertiary/aromatic N) is 2. The van der Waals surface area contributed by atoms with Gasteiger partial charge in [0.05, 0.1) is 0 Å². The predicted octanol–water partition coefficient (Wildman–Crippen LogP) is 3.72. The van der Waals surface area contributed by atoms with Crippen molar-refractivity contribution in [3.8, 4) is 0 Å². The first-order valence-corrected chi connectivity index (χ1v) is 8.49. The van der Waals surface area contributed by atoms with E-state index in [-0.39, 0.29) is 12.4 Å². The van der Waals surface area contributed by atoms with E-state index < -0.39 is 5.72 Å². The number of hydrogen-bond acceptors (Lipinski definition) is 3. The largest absolute Gasteiger partial charge is 0.363 e. The fraction of sp³-hybridized carbons (Fsp3) is 0.350. The molecule has 0 amide bonds. The zero-order valence-corrected chi connectivity index (χ0v) is 14.7. The van der Waals surface area contributed by atoms with E-state index >= 15 is 0 Å². The van der Waals surface area contributed by atoms with Gasteiger partial charge in [0.2, 0.25) is 0 Å². The molecule has 1 unspecified atom stereocenters. The molecule has 0 aromatic heterocycles. The van der Waals surface area contributed by atoms with Gasteiger partial charge in [-0.15, -0.1) is 12.4 Å². The van der Waals surface area contributed by atoms with Gasteiger partial charge in [-0.3, -0.25) is 4.99 Å². The van der Waals surface area contributed by atoms with Crippen molar-refractivity contribution >= 4 is 18.2 Å². The first kappa shape index (κ1) is 17.0. The molecule has 4 rings (SSSR count). The summed E-state index contributed by atoms with van der Waals surface area (Å²) in [5.74, 6) is 0.954. The van der Waals surface area contributed by atoms with Crippen LogP contribution in [0.1, 0.15) is 42.0 Å². The lowest BCUT2D eigenvalue weighted by atomic mass is 9.88. The van der Waals surface area contributed by atoms with Crippen molar-refractivity contribution in [3.63, 3.8) is 0 Å². The van der Waals surface area contributed by atoms with Crippen LogP contribution in [0.3, 0.4) is 0 Å². The van der Waals surface area contributed by atoms with Crippen LogP contribution < -0.4 is 0 Å². The molecule has 2 aromatic carbocycles. The van der Waals surface area contributed by atoms with Gasteiger partial charge < -0.3 is 10.0 Å². The summed E-state index contributed by atoms with van der Waals surface area (Å²) in [5, 5.41) is 11.9. The summed E-state index contributed by atoms with van der Waals surface area (Å²) < 4.78 is 0. The second-order valence-electron chi connectivity index (χ2n) is 6.34. The summed E-state index contributed by atoms with van der Waals surface area (Å²) in [6, 6.07) is 16.4. The van der Waals surface area contributed by atoms with Crippen LogP contribution in [0.2, 0.25) is 0 Å². The Balaban J connectivity index is 0.00000169. The van der Waals surface area contributed by atoms with Gasteiger partial charge >= 0.3 is 0 Å². The molecule has 0 aliphatic carbocycles. The first-order chi connectivity index (χ1) is 11.3. The highest BCUT2D eigenvalue weighted by atomic mass is 35.5. The lowest BCUT2D eigenvalue weighted by Gasteiger charge is -2.38. The number of hydrogen-bond donors (Lipinski definition) is 1. The van der Waals surface area contributed by atoms with Gasteiger partial charge in [-0.1, -0.05) is 61.9 Å². The molecule has 0 spiro atoms. The van der Waals surface area contributed by atoms with Gasteiger partial charge in [0, 0.05) is 29.8 Å². The van der Waals surface area contributed by atoms with Crippen molar-refractivity contribution in [2.24, 2.45) is 4.99 Å². The van der Waals surface area contributed by atoms with Crippen LogP contribution in [0, 0.1) is 0 Å². The zero-order valence-electron chi connectivity index (χ0n) is 13.9. The quantitative estimate of drug-likeness (QED) is 0.922. The molecule has 0 fully saturated rings. The Morgan fingerprint density at radius 1 is 1.12 bits per heavy atom. The van der Waals surface area contributed by atoms with Crippen molar-refractivity contribution in [1.82, 2.24) is 4.90 Å². The third kappa shape index (κ3) is 2.35. The van der Waals surface area contributed by atoms with Gasteiger partial charge in [-0.25, -0.2) is 0 Å². The third-order valence-electron chi connectivity index (χ3n) is 4.88. The molecule has 2 heterocycles. The van der Waals surface area contributed by atoms with Crippen LogP contribution >= 0.6 is 12.4 Å². The van der Waals surface area contributed by atoms with Crippen molar-refractivity contribution in [2.45, 2.75) is 31.9 Å². The maximum absolute atomic E-state index is 11.9. The van der Waals surface area contributed by atoms with Crippen molar-refractivity contribution in [3.05, 3.63) is 70.8 Å². The fourth-order valence-electron chi connectivity index (χ4n) is 3.93. The topological polar surface area (TPSA) is 35.8 Å². The lowest BCUT2D eigenvalue weighted by Crippen LogP contribution is -2.47. The SMILES string of the molecule is CCCc1cccc2c1C(O)(c1ccccc1)N1CCCN=C21.Cl. The van der Waals surface area contributed by atoms with Gasteiger partial charge in [-0.05, 0) is 18.4 Å². The Kier molecular flexibility index (Phi) is 4.66. The highest BCUT2D eigenvalue weighted by Gasteiger charge is 2.49. The minimum atomic E-state index is -1.10. The molecule has 2 aliphatic heterocycles. The monoisotopic (exact) mass is 342 g/mol. The van der Waals surface area contributed by atoms with E-state index in [2.05, 4.69) is 30.0 Å². The van der Waals surface area contributed by atoms with Crippen molar-refractivity contribution in [2.75, 3.05) is 13.1 Å². The first-order valence-electron chi connectivity index (χ1n) is 8.49. The van der Waals surface area contributed by atoms with E-state index in [0.29, 0.717) is 0 Å². The molecule has 0 saturated heterocycles. The number of aliphatic hydroxyl groups is 1. The van der Waals surface area contributed by atoms with Crippen molar-refractivity contribution < 1.29 is 5.11 Å². The molecule has 0 radical (unpaired) electrons. The second-order valence-corrected chi connectivity index (χ2v) is 6.34. The molecule has 0 bridgehead atoms. The van der Waals surface area contributed by atoms with Crippen LogP contribution in [0.5, 0.6) is 0 Å². The van der Waals surface area contributed by atoms with Gasteiger partial charge in [-0.2, -0.15) is 0 Å². The lowest BCUT2D eigenvalue weighted by molar-refractivity contribution is -0.0324. The predicted molar refractivity (Wildman–Crippen MR) is 99.9 cm³/mol. The molecule has 1 atom stereocenters. The number of amidine groups is 1. The normalized spacial score (nSPS) is 21.6. The Morgan fingerprint density at radius 3 is 2.67 bits per heavy atom. The molecule has 2 aromatic rings. The number of halogens is 1. The van der Waals surface area contributed by atoms with E-state index in [1.165, 1.54) is 5.56 Å². The van der Waals surface area contributed by atoms with Gasteiger partial charge in [0.1, 0.15) is 5.84 Å². The standard InChI is InChI=1S/C20H22N2O.ClH/c1-2-8-15-9-6-12-17-18(15)20(23,16-10-4-3-5-11-16)22-14-7-13-21-19(17)22;/h3-6,9-12,23H,2,7-8,13-14H2,1H3;1H. The van der Waals surface area contributed by atoms with Crippen LogP contribution in [0.25, 0.3) is 0 Å². The Morgan fingerprint density at radius 2 is 1.92 bits per heavy atom. The maximum atomic E-state index is 11.9. The summed E-state index contributed by atoms with van der Waals surface area (Å²) in [7, 11) is 0. The van der Waals surface area contributed by atoms with E-state index in [9.17, 15) is 5.11 Å². The molecule has 1 N–H and O–H groups in total. The number of aryl methyl sites for hydroxylation is 1. The van der Waals surface area contributed by atoms with Crippen LogP contribution in [0.15, 0.2) is 53.5 Å². The Hall–Kier alpha value is -1.84. The van der Waals surface area contributed by atoms with Gasteiger partial charge in [0.15, 0.2) is 5.72 Å². The molecular weight excluding hydrogens is 320 g/mol. The minimum absolute atomic E-state index is 0. The molecule has 24 heavy (non-hydrogen) atoms. The highest BCUT2D eigenvalue weighted by Crippen LogP contribution is 2.45. The fourth-order valence-corrected chi connectivity index (χ4v) is 3.93. The molecular formula is C20H23ClN2O. The summed E-state index contributed by atoms with van der Waals surface area (Å²) >= 11 is 0. The van der Waals surface area contributed by atoms with E-state index in [1.807, 2.05) is 30.3 Å². The molecule has 3 nitrogen and oxygen atoms in total. The minimum Gasteiger partial charge on any atom is -0.363 e. The zero-order chi connectivity index (χ0) is 15.9. The number of fused-ring (bicyclic) bond motifs is 3. The van der Waals surface area contributed by atoms with Gasteiger partial charge in [0.25, 0.3) is 0 Å².